The number of hydrogen-bond acceptors (Lipinski definition) is 3. The Bertz CT molecular complexity index is 439. The smallest absolute Gasteiger partial charge is 0.254 e. The predicted octanol–water partition coefficient (Wildman–Crippen LogP) is 1.21. The summed E-state index contributed by atoms with van der Waals surface area (Å²) in [5.41, 5.74) is 6.71. The molecule has 0 fully saturated rings. The van der Waals surface area contributed by atoms with Gasteiger partial charge in [0.25, 0.3) is 5.91 Å². The van der Waals surface area contributed by atoms with Crippen molar-refractivity contribution < 1.29 is 9.59 Å². The Balaban J connectivity index is 2.67. The van der Waals surface area contributed by atoms with Crippen LogP contribution >= 0.6 is 0 Å². The van der Waals surface area contributed by atoms with Gasteiger partial charge in [0, 0.05) is 31.4 Å². The molecule has 2 amide bonds. The number of carbonyl (C=O) groups is 2. The van der Waals surface area contributed by atoms with Crippen molar-refractivity contribution in [1.82, 2.24) is 9.80 Å². The molecule has 5 heteroatoms. The third-order valence-electron chi connectivity index (χ3n) is 2.99. The van der Waals surface area contributed by atoms with Crippen molar-refractivity contribution in [1.29, 1.82) is 0 Å². The summed E-state index contributed by atoms with van der Waals surface area (Å²) in [6, 6.07) is 6.67. The molecular weight excluding hydrogens is 242 g/mol. The van der Waals surface area contributed by atoms with Gasteiger partial charge in [0.15, 0.2) is 0 Å². The van der Waals surface area contributed by atoms with Gasteiger partial charge in [0.2, 0.25) is 5.91 Å². The van der Waals surface area contributed by atoms with Crippen LogP contribution in [-0.4, -0.2) is 48.3 Å². The third-order valence-corrected chi connectivity index (χ3v) is 2.99. The van der Waals surface area contributed by atoms with Crippen LogP contribution in [0.3, 0.4) is 0 Å². The zero-order chi connectivity index (χ0) is 14.4. The molecule has 0 unspecified atom stereocenters. The first kappa shape index (κ1) is 15.0. The van der Waals surface area contributed by atoms with Crippen LogP contribution in [0.1, 0.15) is 24.2 Å². The Morgan fingerprint density at radius 3 is 2.11 bits per heavy atom. The highest BCUT2D eigenvalue weighted by atomic mass is 16.2. The molecule has 0 atom stereocenters. The average Bonchev–Trinajstić information content (AvgIpc) is 2.40. The average molecular weight is 263 g/mol. The lowest BCUT2D eigenvalue weighted by Gasteiger charge is -2.23. The summed E-state index contributed by atoms with van der Waals surface area (Å²) in [5.74, 6) is -0.225. The fraction of sp³-hybridized carbons (Fsp3) is 0.429. The zero-order valence-corrected chi connectivity index (χ0v) is 11.7. The molecule has 0 bridgehead atoms. The second-order valence-corrected chi connectivity index (χ2v) is 4.35. The fourth-order valence-electron chi connectivity index (χ4n) is 1.80. The Hall–Kier alpha value is -2.04. The third kappa shape index (κ3) is 3.98. The van der Waals surface area contributed by atoms with Crippen LogP contribution in [0.2, 0.25) is 0 Å². The molecule has 0 aliphatic rings. The summed E-state index contributed by atoms with van der Waals surface area (Å²) in [6.07, 6.45) is 0. The maximum absolute atomic E-state index is 12.1. The summed E-state index contributed by atoms with van der Waals surface area (Å²) < 4.78 is 0. The van der Waals surface area contributed by atoms with Crippen molar-refractivity contribution in [2.24, 2.45) is 0 Å². The maximum atomic E-state index is 12.1. The topological polar surface area (TPSA) is 66.6 Å². The number of nitrogen functional groups attached to an aromatic ring is 1. The first-order valence-electron chi connectivity index (χ1n) is 6.38. The van der Waals surface area contributed by atoms with E-state index >= 15 is 0 Å². The van der Waals surface area contributed by atoms with Crippen LogP contribution in [0.5, 0.6) is 0 Å². The van der Waals surface area contributed by atoms with Crippen LogP contribution < -0.4 is 5.73 Å². The number of nitrogens with zero attached hydrogens (tertiary/aromatic N) is 2. The Morgan fingerprint density at radius 2 is 1.63 bits per heavy atom. The molecule has 5 nitrogen and oxygen atoms in total. The maximum Gasteiger partial charge on any atom is 0.254 e. The summed E-state index contributed by atoms with van der Waals surface area (Å²) in [6.45, 7) is 5.23. The van der Waals surface area contributed by atoms with Crippen molar-refractivity contribution in [3.05, 3.63) is 29.8 Å². The van der Waals surface area contributed by atoms with Crippen molar-refractivity contribution in [2.45, 2.75) is 13.8 Å². The van der Waals surface area contributed by atoms with Gasteiger partial charge in [-0.1, -0.05) is 0 Å². The Labute approximate surface area is 114 Å². The normalized spacial score (nSPS) is 10.1. The summed E-state index contributed by atoms with van der Waals surface area (Å²) in [5, 5.41) is 0. The van der Waals surface area contributed by atoms with E-state index < -0.39 is 0 Å². The van der Waals surface area contributed by atoms with Crippen molar-refractivity contribution >= 4 is 17.5 Å². The number of amides is 2. The van der Waals surface area contributed by atoms with E-state index in [4.69, 9.17) is 5.73 Å². The van der Waals surface area contributed by atoms with E-state index in [1.807, 2.05) is 13.8 Å². The molecule has 0 aliphatic carbocycles. The lowest BCUT2D eigenvalue weighted by atomic mass is 10.2. The summed E-state index contributed by atoms with van der Waals surface area (Å²) in [4.78, 5) is 27.1. The van der Waals surface area contributed by atoms with Crippen molar-refractivity contribution in [2.75, 3.05) is 32.4 Å². The van der Waals surface area contributed by atoms with E-state index in [1.54, 1.807) is 36.2 Å². The molecule has 0 spiro atoms. The molecule has 0 saturated carbocycles. The monoisotopic (exact) mass is 263 g/mol. The van der Waals surface area contributed by atoms with E-state index in [2.05, 4.69) is 0 Å². The number of rotatable bonds is 5. The quantitative estimate of drug-likeness (QED) is 0.812. The number of likely N-dealkylation sites (N-methyl/N-ethyl adjacent to an activating group) is 2. The molecule has 1 rings (SSSR count). The molecule has 0 heterocycles. The standard InChI is InChI=1S/C14H21N3O2/c1-4-17(5-2)13(18)10-16(3)14(19)11-6-8-12(15)9-7-11/h6-9H,4-5,10,15H2,1-3H3. The number of carbonyl (C=O) groups excluding carboxylic acids is 2. The molecule has 104 valence electrons. The van der Waals surface area contributed by atoms with E-state index in [9.17, 15) is 9.59 Å². The lowest BCUT2D eigenvalue weighted by Crippen LogP contribution is -2.41. The second-order valence-electron chi connectivity index (χ2n) is 4.35. The molecule has 0 radical (unpaired) electrons. The molecule has 19 heavy (non-hydrogen) atoms. The molecule has 0 aliphatic heterocycles. The number of benzene rings is 1. The van der Waals surface area contributed by atoms with E-state index in [1.165, 1.54) is 4.90 Å². The molecule has 2 N–H and O–H groups in total. The molecule has 0 aromatic heterocycles. The minimum atomic E-state index is -0.180. The van der Waals surface area contributed by atoms with Gasteiger partial charge in [-0.15, -0.1) is 0 Å². The van der Waals surface area contributed by atoms with E-state index in [-0.39, 0.29) is 18.4 Å². The van der Waals surface area contributed by atoms with E-state index in [0.29, 0.717) is 24.3 Å². The molecule has 1 aromatic rings. The minimum absolute atomic E-state index is 0.0451. The molecular formula is C14H21N3O2. The van der Waals surface area contributed by atoms with Crippen LogP contribution in [0, 0.1) is 0 Å². The second kappa shape index (κ2) is 6.78. The SMILES string of the molecule is CCN(CC)C(=O)CN(C)C(=O)c1ccc(N)cc1. The predicted molar refractivity (Wildman–Crippen MR) is 75.7 cm³/mol. The van der Waals surface area contributed by atoms with Gasteiger partial charge >= 0.3 is 0 Å². The van der Waals surface area contributed by atoms with Gasteiger partial charge in [-0.2, -0.15) is 0 Å². The first-order valence-corrected chi connectivity index (χ1v) is 6.38. The van der Waals surface area contributed by atoms with Gasteiger partial charge < -0.3 is 15.5 Å². The van der Waals surface area contributed by atoms with Crippen molar-refractivity contribution in [3.8, 4) is 0 Å². The van der Waals surface area contributed by atoms with Crippen LogP contribution in [-0.2, 0) is 4.79 Å². The van der Waals surface area contributed by atoms with Crippen molar-refractivity contribution in [3.63, 3.8) is 0 Å². The van der Waals surface area contributed by atoms with E-state index in [0.717, 1.165) is 0 Å². The molecule has 1 aromatic carbocycles. The van der Waals surface area contributed by atoms with Crippen LogP contribution in [0.25, 0.3) is 0 Å². The van der Waals surface area contributed by atoms with Crippen LogP contribution in [0.4, 0.5) is 5.69 Å². The van der Waals surface area contributed by atoms with Gasteiger partial charge in [-0.25, -0.2) is 0 Å². The summed E-state index contributed by atoms with van der Waals surface area (Å²) >= 11 is 0. The highest BCUT2D eigenvalue weighted by Gasteiger charge is 2.17. The largest absolute Gasteiger partial charge is 0.399 e. The highest BCUT2D eigenvalue weighted by Crippen LogP contribution is 2.08. The zero-order valence-electron chi connectivity index (χ0n) is 11.7. The highest BCUT2D eigenvalue weighted by molar-refractivity contribution is 5.96. The van der Waals surface area contributed by atoms with Gasteiger partial charge in [-0.3, -0.25) is 9.59 Å². The summed E-state index contributed by atoms with van der Waals surface area (Å²) in [7, 11) is 1.63. The Kier molecular flexibility index (Phi) is 5.36. The van der Waals surface area contributed by atoms with Gasteiger partial charge in [-0.05, 0) is 38.1 Å². The fourth-order valence-corrected chi connectivity index (χ4v) is 1.80. The lowest BCUT2D eigenvalue weighted by molar-refractivity contribution is -0.131. The first-order chi connectivity index (χ1) is 8.99. The number of hydrogen-bond donors (Lipinski definition) is 1. The Morgan fingerprint density at radius 1 is 1.11 bits per heavy atom. The molecule has 0 saturated heterocycles. The van der Waals surface area contributed by atoms with Gasteiger partial charge in [0.1, 0.15) is 0 Å². The number of anilines is 1. The van der Waals surface area contributed by atoms with Gasteiger partial charge in [0.05, 0.1) is 6.54 Å². The minimum Gasteiger partial charge on any atom is -0.399 e. The number of nitrogens with two attached hydrogens (primary N) is 1. The van der Waals surface area contributed by atoms with Crippen LogP contribution in [0.15, 0.2) is 24.3 Å².